The summed E-state index contributed by atoms with van der Waals surface area (Å²) in [5, 5.41) is 8.01. The smallest absolute Gasteiger partial charge is 0.0762 e. The summed E-state index contributed by atoms with van der Waals surface area (Å²) in [6, 6.07) is 6.68. The van der Waals surface area contributed by atoms with Gasteiger partial charge in [-0.25, -0.2) is 0 Å². The fourth-order valence-electron chi connectivity index (χ4n) is 2.17. The maximum Gasteiger partial charge on any atom is 0.0762 e. The molecular weight excluding hydrogens is 248 g/mol. The first-order chi connectivity index (χ1) is 9.74. The average molecular weight is 272 g/mol. The molecule has 4 heteroatoms. The summed E-state index contributed by atoms with van der Waals surface area (Å²) in [5.41, 5.74) is 3.53. The third-order valence-corrected chi connectivity index (χ3v) is 3.67. The number of nitrogens with zero attached hydrogens (tertiary/aromatic N) is 3. The highest BCUT2D eigenvalue weighted by atomic mass is 15.3. The Balaban J connectivity index is 1.88. The highest BCUT2D eigenvalue weighted by Gasteiger charge is 2.05. The molecule has 20 heavy (non-hydrogen) atoms. The Morgan fingerprint density at radius 1 is 1.25 bits per heavy atom. The molecule has 0 amide bonds. The molecule has 0 bridgehead atoms. The minimum Gasteiger partial charge on any atom is -0.305 e. The molecule has 0 aliphatic heterocycles. The zero-order valence-corrected chi connectivity index (χ0v) is 12.6. The SMILES string of the molecule is CCc1cccnc1CNCc1ccn(C(C)CC)n1. The number of pyridine rings is 1. The van der Waals surface area contributed by atoms with E-state index in [1.807, 2.05) is 16.9 Å². The van der Waals surface area contributed by atoms with Crippen LogP contribution in [0.25, 0.3) is 0 Å². The Labute approximate surface area is 121 Å². The van der Waals surface area contributed by atoms with Gasteiger partial charge in [-0.2, -0.15) is 5.10 Å². The minimum atomic E-state index is 0.464. The van der Waals surface area contributed by atoms with E-state index in [1.54, 1.807) is 0 Å². The Morgan fingerprint density at radius 3 is 2.85 bits per heavy atom. The van der Waals surface area contributed by atoms with Gasteiger partial charge in [-0.05, 0) is 37.5 Å². The fourth-order valence-corrected chi connectivity index (χ4v) is 2.17. The van der Waals surface area contributed by atoms with Crippen LogP contribution in [0.2, 0.25) is 0 Å². The van der Waals surface area contributed by atoms with Gasteiger partial charge >= 0.3 is 0 Å². The highest BCUT2D eigenvalue weighted by Crippen LogP contribution is 2.09. The van der Waals surface area contributed by atoms with E-state index < -0.39 is 0 Å². The van der Waals surface area contributed by atoms with Gasteiger partial charge in [-0.3, -0.25) is 9.67 Å². The lowest BCUT2D eigenvalue weighted by molar-refractivity contribution is 0.471. The van der Waals surface area contributed by atoms with Crippen molar-refractivity contribution in [2.45, 2.75) is 52.7 Å². The summed E-state index contributed by atoms with van der Waals surface area (Å²) in [7, 11) is 0. The van der Waals surface area contributed by atoms with Crippen molar-refractivity contribution >= 4 is 0 Å². The van der Waals surface area contributed by atoms with Gasteiger partial charge in [0.05, 0.1) is 11.4 Å². The molecule has 0 spiro atoms. The largest absolute Gasteiger partial charge is 0.305 e. The Morgan fingerprint density at radius 2 is 2.10 bits per heavy atom. The number of aryl methyl sites for hydroxylation is 1. The predicted octanol–water partition coefficient (Wildman–Crippen LogP) is 3.10. The standard InChI is InChI=1S/C16H24N4/c1-4-13(3)20-10-8-15(19-20)11-17-12-16-14(5-2)7-6-9-18-16/h6-10,13,17H,4-5,11-12H2,1-3H3. The predicted molar refractivity (Wildman–Crippen MR) is 81.4 cm³/mol. The van der Waals surface area contributed by atoms with Crippen molar-refractivity contribution in [3.8, 4) is 0 Å². The van der Waals surface area contributed by atoms with E-state index in [2.05, 4.69) is 54.5 Å². The Bertz CT molecular complexity index is 533. The second kappa shape index (κ2) is 7.20. The van der Waals surface area contributed by atoms with Crippen LogP contribution in [0.5, 0.6) is 0 Å². The van der Waals surface area contributed by atoms with Crippen molar-refractivity contribution in [3.05, 3.63) is 47.5 Å². The van der Waals surface area contributed by atoms with Crippen molar-refractivity contribution in [1.29, 1.82) is 0 Å². The van der Waals surface area contributed by atoms with Crippen molar-refractivity contribution in [3.63, 3.8) is 0 Å². The first-order valence-corrected chi connectivity index (χ1v) is 7.42. The first-order valence-electron chi connectivity index (χ1n) is 7.42. The lowest BCUT2D eigenvalue weighted by atomic mass is 10.1. The summed E-state index contributed by atoms with van der Waals surface area (Å²) < 4.78 is 2.04. The molecule has 0 aliphatic carbocycles. The number of rotatable bonds is 7. The molecule has 0 aromatic carbocycles. The molecule has 2 heterocycles. The molecule has 0 saturated heterocycles. The summed E-state index contributed by atoms with van der Waals surface area (Å²) in [6.07, 6.45) is 6.03. The zero-order valence-electron chi connectivity index (χ0n) is 12.6. The summed E-state index contributed by atoms with van der Waals surface area (Å²) in [5.74, 6) is 0. The molecular formula is C16H24N4. The molecule has 2 aromatic rings. The third kappa shape index (κ3) is 3.67. The molecule has 0 radical (unpaired) electrons. The lowest BCUT2D eigenvalue weighted by Crippen LogP contribution is -2.16. The van der Waals surface area contributed by atoms with Gasteiger partial charge in [0, 0.05) is 31.5 Å². The molecule has 0 saturated carbocycles. The second-order valence-corrected chi connectivity index (χ2v) is 5.11. The summed E-state index contributed by atoms with van der Waals surface area (Å²) in [4.78, 5) is 4.44. The van der Waals surface area contributed by atoms with Crippen molar-refractivity contribution in [2.75, 3.05) is 0 Å². The van der Waals surface area contributed by atoms with Gasteiger partial charge in [0.2, 0.25) is 0 Å². The Hall–Kier alpha value is -1.68. The van der Waals surface area contributed by atoms with Gasteiger partial charge in [0.25, 0.3) is 0 Å². The van der Waals surface area contributed by atoms with Gasteiger partial charge in [-0.15, -0.1) is 0 Å². The quantitative estimate of drug-likeness (QED) is 0.842. The number of hydrogen-bond donors (Lipinski definition) is 1. The minimum absolute atomic E-state index is 0.464. The normalized spacial score (nSPS) is 12.6. The van der Waals surface area contributed by atoms with Crippen LogP contribution in [-0.4, -0.2) is 14.8 Å². The zero-order chi connectivity index (χ0) is 14.4. The van der Waals surface area contributed by atoms with E-state index in [9.17, 15) is 0 Å². The maximum atomic E-state index is 4.59. The van der Waals surface area contributed by atoms with Crippen LogP contribution in [0.1, 0.15) is 50.2 Å². The third-order valence-electron chi connectivity index (χ3n) is 3.67. The molecule has 0 fully saturated rings. The van der Waals surface area contributed by atoms with Crippen LogP contribution < -0.4 is 5.32 Å². The molecule has 2 rings (SSSR count). The fraction of sp³-hybridized carbons (Fsp3) is 0.500. The average Bonchev–Trinajstić information content (AvgIpc) is 2.96. The van der Waals surface area contributed by atoms with E-state index in [0.29, 0.717) is 6.04 Å². The van der Waals surface area contributed by atoms with Gasteiger partial charge in [-0.1, -0.05) is 19.9 Å². The van der Waals surface area contributed by atoms with Gasteiger partial charge in [0.1, 0.15) is 0 Å². The molecule has 1 atom stereocenters. The van der Waals surface area contributed by atoms with E-state index >= 15 is 0 Å². The highest BCUT2D eigenvalue weighted by molar-refractivity contribution is 5.19. The number of hydrogen-bond acceptors (Lipinski definition) is 3. The van der Waals surface area contributed by atoms with Gasteiger partial charge in [0.15, 0.2) is 0 Å². The summed E-state index contributed by atoms with van der Waals surface area (Å²) >= 11 is 0. The van der Waals surface area contributed by atoms with Crippen LogP contribution in [0, 0.1) is 0 Å². The lowest BCUT2D eigenvalue weighted by Gasteiger charge is -2.09. The van der Waals surface area contributed by atoms with E-state index in [-0.39, 0.29) is 0 Å². The first kappa shape index (κ1) is 14.7. The Kier molecular flexibility index (Phi) is 5.30. The number of aromatic nitrogens is 3. The van der Waals surface area contributed by atoms with Crippen LogP contribution >= 0.6 is 0 Å². The molecule has 108 valence electrons. The molecule has 1 N–H and O–H groups in total. The second-order valence-electron chi connectivity index (χ2n) is 5.11. The van der Waals surface area contributed by atoms with E-state index in [4.69, 9.17) is 0 Å². The van der Waals surface area contributed by atoms with Crippen LogP contribution in [-0.2, 0) is 19.5 Å². The monoisotopic (exact) mass is 272 g/mol. The van der Waals surface area contributed by atoms with Gasteiger partial charge < -0.3 is 5.32 Å². The van der Waals surface area contributed by atoms with E-state index in [0.717, 1.165) is 37.3 Å². The molecule has 4 nitrogen and oxygen atoms in total. The van der Waals surface area contributed by atoms with E-state index in [1.165, 1.54) is 5.56 Å². The molecule has 1 unspecified atom stereocenters. The topological polar surface area (TPSA) is 42.7 Å². The molecule has 0 aliphatic rings. The number of nitrogens with one attached hydrogen (secondary N) is 1. The van der Waals surface area contributed by atoms with Crippen molar-refractivity contribution in [2.24, 2.45) is 0 Å². The van der Waals surface area contributed by atoms with Crippen molar-refractivity contribution < 1.29 is 0 Å². The van der Waals surface area contributed by atoms with Crippen LogP contribution in [0.3, 0.4) is 0 Å². The van der Waals surface area contributed by atoms with Crippen LogP contribution in [0.4, 0.5) is 0 Å². The summed E-state index contributed by atoms with van der Waals surface area (Å²) in [6.45, 7) is 8.10. The molecule has 2 aromatic heterocycles. The maximum absolute atomic E-state index is 4.59. The van der Waals surface area contributed by atoms with Crippen molar-refractivity contribution in [1.82, 2.24) is 20.1 Å². The van der Waals surface area contributed by atoms with Crippen LogP contribution in [0.15, 0.2) is 30.6 Å².